The Balaban J connectivity index is 3.11. The van der Waals surface area contributed by atoms with Gasteiger partial charge in [0.1, 0.15) is 0 Å². The SMILES string of the molecule is C=C(C(=O)c1ccc(Cl)cc1Cl)C(C)(C)C. The van der Waals surface area contributed by atoms with E-state index in [0.717, 1.165) is 0 Å². The fourth-order valence-corrected chi connectivity index (χ4v) is 1.67. The normalized spacial score (nSPS) is 11.3. The van der Waals surface area contributed by atoms with Crippen LogP contribution in [0, 0.1) is 5.41 Å². The van der Waals surface area contributed by atoms with Gasteiger partial charge in [-0.15, -0.1) is 0 Å². The zero-order valence-electron chi connectivity index (χ0n) is 9.60. The molecule has 16 heavy (non-hydrogen) atoms. The van der Waals surface area contributed by atoms with Crippen molar-refractivity contribution in [3.63, 3.8) is 0 Å². The van der Waals surface area contributed by atoms with Gasteiger partial charge in [0.15, 0.2) is 5.78 Å². The van der Waals surface area contributed by atoms with E-state index in [4.69, 9.17) is 23.2 Å². The van der Waals surface area contributed by atoms with Gasteiger partial charge in [0.05, 0.1) is 5.02 Å². The van der Waals surface area contributed by atoms with Crippen LogP contribution in [-0.4, -0.2) is 5.78 Å². The number of allylic oxidation sites excluding steroid dienone is 1. The van der Waals surface area contributed by atoms with Gasteiger partial charge >= 0.3 is 0 Å². The summed E-state index contributed by atoms with van der Waals surface area (Å²) in [6.07, 6.45) is 0. The summed E-state index contributed by atoms with van der Waals surface area (Å²) in [5.41, 5.74) is 0.725. The number of hydrogen-bond donors (Lipinski definition) is 0. The number of rotatable bonds is 2. The van der Waals surface area contributed by atoms with Crippen LogP contribution < -0.4 is 0 Å². The van der Waals surface area contributed by atoms with E-state index >= 15 is 0 Å². The van der Waals surface area contributed by atoms with Gasteiger partial charge < -0.3 is 0 Å². The van der Waals surface area contributed by atoms with Gasteiger partial charge in [0, 0.05) is 10.6 Å². The van der Waals surface area contributed by atoms with Crippen LogP contribution in [0.25, 0.3) is 0 Å². The molecule has 0 saturated heterocycles. The average Bonchev–Trinajstić information content (AvgIpc) is 2.14. The molecule has 0 heterocycles. The summed E-state index contributed by atoms with van der Waals surface area (Å²) in [6.45, 7) is 9.65. The Kier molecular flexibility index (Phi) is 3.82. The van der Waals surface area contributed by atoms with Crippen LogP contribution in [0.3, 0.4) is 0 Å². The van der Waals surface area contributed by atoms with Crippen LogP contribution in [0.15, 0.2) is 30.4 Å². The van der Waals surface area contributed by atoms with Crippen LogP contribution >= 0.6 is 23.2 Å². The fraction of sp³-hybridized carbons (Fsp3) is 0.308. The summed E-state index contributed by atoms with van der Waals surface area (Å²) in [5.74, 6) is -0.130. The molecule has 0 saturated carbocycles. The second-order valence-electron chi connectivity index (χ2n) is 4.68. The summed E-state index contributed by atoms with van der Waals surface area (Å²) in [4.78, 5) is 12.1. The van der Waals surface area contributed by atoms with Gasteiger partial charge in [-0.2, -0.15) is 0 Å². The molecule has 0 unspecified atom stereocenters. The lowest BCUT2D eigenvalue weighted by Gasteiger charge is -2.20. The summed E-state index contributed by atoms with van der Waals surface area (Å²) < 4.78 is 0. The van der Waals surface area contributed by atoms with Gasteiger partial charge in [0.25, 0.3) is 0 Å². The second kappa shape index (κ2) is 4.60. The fourth-order valence-electron chi connectivity index (χ4n) is 1.18. The number of ketones is 1. The molecule has 0 aliphatic rings. The zero-order chi connectivity index (χ0) is 12.5. The quantitative estimate of drug-likeness (QED) is 0.550. The molecule has 1 aromatic rings. The predicted molar refractivity (Wildman–Crippen MR) is 69.4 cm³/mol. The van der Waals surface area contributed by atoms with Gasteiger partial charge in [-0.05, 0) is 29.2 Å². The smallest absolute Gasteiger partial charge is 0.190 e. The highest BCUT2D eigenvalue weighted by Gasteiger charge is 2.24. The van der Waals surface area contributed by atoms with Gasteiger partial charge in [-0.3, -0.25) is 4.79 Å². The highest BCUT2D eigenvalue weighted by atomic mass is 35.5. The van der Waals surface area contributed by atoms with Crippen molar-refractivity contribution >= 4 is 29.0 Å². The molecule has 86 valence electrons. The van der Waals surface area contributed by atoms with E-state index in [9.17, 15) is 4.79 Å². The third-order valence-corrected chi connectivity index (χ3v) is 2.90. The van der Waals surface area contributed by atoms with E-state index in [1.807, 2.05) is 20.8 Å². The van der Waals surface area contributed by atoms with Crippen molar-refractivity contribution in [2.45, 2.75) is 20.8 Å². The lowest BCUT2D eigenvalue weighted by molar-refractivity contribution is 0.101. The second-order valence-corrected chi connectivity index (χ2v) is 5.53. The summed E-state index contributed by atoms with van der Waals surface area (Å²) in [6, 6.07) is 4.84. The predicted octanol–water partition coefficient (Wildman–Crippen LogP) is 4.78. The summed E-state index contributed by atoms with van der Waals surface area (Å²) in [7, 11) is 0. The Morgan fingerprint density at radius 1 is 1.25 bits per heavy atom. The molecule has 0 amide bonds. The highest BCUT2D eigenvalue weighted by molar-refractivity contribution is 6.37. The summed E-state index contributed by atoms with van der Waals surface area (Å²) in [5, 5.41) is 0.880. The molecule has 0 aliphatic heterocycles. The van der Waals surface area contributed by atoms with Crippen molar-refractivity contribution in [2.24, 2.45) is 5.41 Å². The Labute approximate surface area is 106 Å². The number of hydrogen-bond acceptors (Lipinski definition) is 1. The third-order valence-electron chi connectivity index (χ3n) is 2.36. The monoisotopic (exact) mass is 256 g/mol. The van der Waals surface area contributed by atoms with Crippen molar-refractivity contribution in [1.82, 2.24) is 0 Å². The number of carbonyl (C=O) groups excluding carboxylic acids is 1. The standard InChI is InChI=1S/C13H14Cl2O/c1-8(13(2,3)4)12(16)10-6-5-9(14)7-11(10)15/h5-7H,1H2,2-4H3. The Bertz CT molecular complexity index is 442. The van der Waals surface area contributed by atoms with Crippen molar-refractivity contribution in [3.8, 4) is 0 Å². The molecule has 0 spiro atoms. The van der Waals surface area contributed by atoms with E-state index in [1.54, 1.807) is 18.2 Å². The molecule has 0 N–H and O–H groups in total. The van der Waals surface area contributed by atoms with E-state index < -0.39 is 0 Å². The highest BCUT2D eigenvalue weighted by Crippen LogP contribution is 2.30. The van der Waals surface area contributed by atoms with Gasteiger partial charge in [0.2, 0.25) is 0 Å². The van der Waals surface area contributed by atoms with Crippen LogP contribution in [0.5, 0.6) is 0 Å². The average molecular weight is 257 g/mol. The van der Waals surface area contributed by atoms with Crippen molar-refractivity contribution in [2.75, 3.05) is 0 Å². The minimum atomic E-state index is -0.264. The third kappa shape index (κ3) is 2.87. The molecular formula is C13H14Cl2O. The maximum absolute atomic E-state index is 12.1. The number of halogens is 2. The molecular weight excluding hydrogens is 243 g/mol. The Morgan fingerprint density at radius 3 is 2.25 bits per heavy atom. The molecule has 0 aromatic heterocycles. The lowest BCUT2D eigenvalue weighted by atomic mass is 9.83. The number of Topliss-reactive ketones (excluding diaryl/α,β-unsaturated/α-hetero) is 1. The first-order valence-corrected chi connectivity index (χ1v) is 5.68. The molecule has 0 atom stereocenters. The van der Waals surface area contributed by atoms with Gasteiger partial charge in [-0.25, -0.2) is 0 Å². The van der Waals surface area contributed by atoms with Gasteiger partial charge in [-0.1, -0.05) is 50.6 Å². The molecule has 0 radical (unpaired) electrons. The summed E-state index contributed by atoms with van der Waals surface area (Å²) >= 11 is 11.7. The van der Waals surface area contributed by atoms with Crippen LogP contribution in [0.2, 0.25) is 10.0 Å². The zero-order valence-corrected chi connectivity index (χ0v) is 11.1. The first-order valence-electron chi connectivity index (χ1n) is 4.92. The molecule has 1 aromatic carbocycles. The topological polar surface area (TPSA) is 17.1 Å². The molecule has 1 rings (SSSR count). The Morgan fingerprint density at radius 2 is 1.81 bits per heavy atom. The van der Waals surface area contributed by atoms with Crippen LogP contribution in [0.4, 0.5) is 0 Å². The molecule has 0 aliphatic carbocycles. The first-order chi connectivity index (χ1) is 7.23. The van der Waals surface area contributed by atoms with Crippen molar-refractivity contribution < 1.29 is 4.79 Å². The minimum Gasteiger partial charge on any atom is -0.289 e. The van der Waals surface area contributed by atoms with Crippen LogP contribution in [-0.2, 0) is 0 Å². The maximum atomic E-state index is 12.1. The molecule has 0 fully saturated rings. The van der Waals surface area contributed by atoms with E-state index in [-0.39, 0.29) is 11.2 Å². The van der Waals surface area contributed by atoms with E-state index in [1.165, 1.54) is 0 Å². The van der Waals surface area contributed by atoms with Crippen LogP contribution in [0.1, 0.15) is 31.1 Å². The minimum absolute atomic E-state index is 0.130. The van der Waals surface area contributed by atoms with Crippen molar-refractivity contribution in [1.29, 1.82) is 0 Å². The largest absolute Gasteiger partial charge is 0.289 e. The van der Waals surface area contributed by atoms with Crippen molar-refractivity contribution in [3.05, 3.63) is 46.0 Å². The lowest BCUT2D eigenvalue weighted by Crippen LogP contribution is -2.17. The number of benzene rings is 1. The van der Waals surface area contributed by atoms with E-state index in [0.29, 0.717) is 21.2 Å². The van der Waals surface area contributed by atoms with E-state index in [2.05, 4.69) is 6.58 Å². The molecule has 0 bridgehead atoms. The molecule has 1 nitrogen and oxygen atoms in total. The maximum Gasteiger partial charge on any atom is 0.190 e. The molecule has 3 heteroatoms. The first kappa shape index (κ1) is 13.3. The number of carbonyl (C=O) groups is 1. The Hall–Kier alpha value is -0.790.